The number of carbonyl (C=O) groups is 1. The van der Waals surface area contributed by atoms with Crippen LogP contribution in [0.2, 0.25) is 5.02 Å². The number of anilines is 1. The van der Waals surface area contributed by atoms with E-state index in [0.29, 0.717) is 11.1 Å². The number of carboxylic acid groups (broad SMARTS) is 1. The molecular weight excluding hydrogens is 260 g/mol. The Morgan fingerprint density at radius 3 is 3.12 bits per heavy atom. The second kappa shape index (κ2) is 5.14. The van der Waals surface area contributed by atoms with Gasteiger partial charge in [0.05, 0.1) is 10.6 Å². The molecule has 1 saturated heterocycles. The first-order chi connectivity index (χ1) is 8.08. The van der Waals surface area contributed by atoms with E-state index in [-0.39, 0.29) is 10.6 Å². The lowest BCUT2D eigenvalue weighted by Gasteiger charge is -2.31. The molecule has 0 saturated carbocycles. The summed E-state index contributed by atoms with van der Waals surface area (Å²) in [6.45, 7) is 3.94. The third kappa shape index (κ3) is 2.84. The van der Waals surface area contributed by atoms with Crippen molar-refractivity contribution in [2.45, 2.75) is 12.2 Å². The number of nitrogens with zero attached hydrogens (tertiary/aromatic N) is 2. The average molecular weight is 273 g/mol. The van der Waals surface area contributed by atoms with E-state index in [1.165, 1.54) is 6.20 Å². The summed E-state index contributed by atoms with van der Waals surface area (Å²) >= 11 is 7.71. The molecule has 0 radical (unpaired) electrons. The predicted octanol–water partition coefficient (Wildman–Crippen LogP) is 2.37. The molecule has 0 aromatic carbocycles. The molecule has 0 bridgehead atoms. The van der Waals surface area contributed by atoms with Crippen LogP contribution in [-0.2, 0) is 0 Å². The molecule has 1 aliphatic rings. The fourth-order valence-corrected chi connectivity index (χ4v) is 2.99. The van der Waals surface area contributed by atoms with Gasteiger partial charge < -0.3 is 10.0 Å². The molecule has 1 atom stereocenters. The second-order valence-corrected chi connectivity index (χ2v) is 5.91. The highest BCUT2D eigenvalue weighted by molar-refractivity contribution is 8.00. The highest BCUT2D eigenvalue weighted by Crippen LogP contribution is 2.25. The number of rotatable bonds is 2. The van der Waals surface area contributed by atoms with Gasteiger partial charge in [-0.25, -0.2) is 9.78 Å². The summed E-state index contributed by atoms with van der Waals surface area (Å²) in [4.78, 5) is 17.3. The zero-order valence-electron chi connectivity index (χ0n) is 9.39. The summed E-state index contributed by atoms with van der Waals surface area (Å²) < 4.78 is 0. The molecule has 0 aliphatic carbocycles. The van der Waals surface area contributed by atoms with E-state index >= 15 is 0 Å². The zero-order valence-corrected chi connectivity index (χ0v) is 11.0. The Morgan fingerprint density at radius 2 is 2.47 bits per heavy atom. The van der Waals surface area contributed by atoms with Crippen molar-refractivity contribution in [1.29, 1.82) is 0 Å². The maximum absolute atomic E-state index is 11.0. The third-order valence-corrected chi connectivity index (χ3v) is 4.07. The van der Waals surface area contributed by atoms with Gasteiger partial charge in [0, 0.05) is 30.3 Å². The summed E-state index contributed by atoms with van der Waals surface area (Å²) in [5.74, 6) is 0.713. The molecule has 2 rings (SSSR count). The fraction of sp³-hybridized carbons (Fsp3) is 0.455. The van der Waals surface area contributed by atoms with Crippen LogP contribution in [0, 0.1) is 0 Å². The Balaban J connectivity index is 2.26. The van der Waals surface area contributed by atoms with Crippen molar-refractivity contribution in [3.8, 4) is 0 Å². The predicted molar refractivity (Wildman–Crippen MR) is 70.3 cm³/mol. The van der Waals surface area contributed by atoms with E-state index in [9.17, 15) is 4.79 Å². The van der Waals surface area contributed by atoms with Gasteiger partial charge >= 0.3 is 5.97 Å². The molecule has 1 aromatic heterocycles. The lowest BCUT2D eigenvalue weighted by molar-refractivity contribution is 0.0697. The van der Waals surface area contributed by atoms with Gasteiger partial charge in [0.15, 0.2) is 0 Å². The van der Waals surface area contributed by atoms with Crippen molar-refractivity contribution in [3.05, 3.63) is 22.8 Å². The van der Waals surface area contributed by atoms with E-state index in [4.69, 9.17) is 16.7 Å². The summed E-state index contributed by atoms with van der Waals surface area (Å²) in [6.07, 6.45) is 1.41. The van der Waals surface area contributed by atoms with Crippen LogP contribution in [-0.4, -0.2) is 40.2 Å². The summed E-state index contributed by atoms with van der Waals surface area (Å²) in [6, 6.07) is 1.55. The van der Waals surface area contributed by atoms with Crippen LogP contribution in [0.15, 0.2) is 12.3 Å². The second-order valence-electron chi connectivity index (χ2n) is 3.95. The molecule has 1 aromatic rings. The van der Waals surface area contributed by atoms with Gasteiger partial charge in [-0.2, -0.15) is 11.8 Å². The van der Waals surface area contributed by atoms with Crippen LogP contribution < -0.4 is 4.90 Å². The van der Waals surface area contributed by atoms with Gasteiger partial charge in [0.2, 0.25) is 0 Å². The molecular formula is C11H13ClN2O2S. The summed E-state index contributed by atoms with van der Waals surface area (Å²) in [5, 5.41) is 9.72. The molecule has 0 amide bonds. The van der Waals surface area contributed by atoms with E-state index in [1.54, 1.807) is 6.07 Å². The largest absolute Gasteiger partial charge is 0.478 e. The van der Waals surface area contributed by atoms with E-state index in [0.717, 1.165) is 18.8 Å². The van der Waals surface area contributed by atoms with Crippen molar-refractivity contribution in [2.75, 3.05) is 23.7 Å². The van der Waals surface area contributed by atoms with Gasteiger partial charge in [0.25, 0.3) is 0 Å². The van der Waals surface area contributed by atoms with E-state index < -0.39 is 5.97 Å². The lowest BCUT2D eigenvalue weighted by Crippen LogP contribution is -2.37. The first kappa shape index (κ1) is 12.5. The Hall–Kier alpha value is -0.940. The Morgan fingerprint density at radius 1 is 1.71 bits per heavy atom. The van der Waals surface area contributed by atoms with Crippen molar-refractivity contribution in [1.82, 2.24) is 4.98 Å². The number of carboxylic acids is 1. The van der Waals surface area contributed by atoms with Crippen molar-refractivity contribution in [3.63, 3.8) is 0 Å². The molecule has 0 spiro atoms. The minimum atomic E-state index is -1.02. The smallest absolute Gasteiger partial charge is 0.337 e. The molecule has 17 heavy (non-hydrogen) atoms. The number of pyridine rings is 1. The minimum absolute atomic E-state index is 0.113. The molecule has 92 valence electrons. The molecule has 2 heterocycles. The lowest BCUT2D eigenvalue weighted by atomic mass is 10.2. The fourth-order valence-electron chi connectivity index (χ4n) is 1.79. The maximum atomic E-state index is 11.0. The average Bonchev–Trinajstić information content (AvgIpc) is 2.29. The van der Waals surface area contributed by atoms with E-state index in [1.807, 2.05) is 11.8 Å². The first-order valence-electron chi connectivity index (χ1n) is 5.33. The van der Waals surface area contributed by atoms with Crippen LogP contribution in [0.25, 0.3) is 0 Å². The van der Waals surface area contributed by atoms with Crippen molar-refractivity contribution in [2.24, 2.45) is 0 Å². The van der Waals surface area contributed by atoms with Gasteiger partial charge in [-0.05, 0) is 6.07 Å². The highest BCUT2D eigenvalue weighted by Gasteiger charge is 2.20. The maximum Gasteiger partial charge on any atom is 0.337 e. The third-order valence-electron chi connectivity index (χ3n) is 2.64. The number of hydrogen-bond donors (Lipinski definition) is 1. The van der Waals surface area contributed by atoms with Crippen LogP contribution in [0.3, 0.4) is 0 Å². The highest BCUT2D eigenvalue weighted by atomic mass is 35.5. The zero-order chi connectivity index (χ0) is 12.4. The molecule has 1 N–H and O–H groups in total. The monoisotopic (exact) mass is 272 g/mol. The number of aromatic carboxylic acids is 1. The molecule has 6 heteroatoms. The summed E-state index contributed by atoms with van der Waals surface area (Å²) in [7, 11) is 0. The number of hydrogen-bond acceptors (Lipinski definition) is 4. The van der Waals surface area contributed by atoms with Crippen LogP contribution >= 0.6 is 23.4 Å². The first-order valence-corrected chi connectivity index (χ1v) is 6.76. The Labute approximate surface area is 109 Å². The number of halogens is 1. The van der Waals surface area contributed by atoms with Gasteiger partial charge in [-0.1, -0.05) is 18.5 Å². The number of thioether (sulfide) groups is 1. The minimum Gasteiger partial charge on any atom is -0.478 e. The molecule has 1 aliphatic heterocycles. The van der Waals surface area contributed by atoms with Gasteiger partial charge in [0.1, 0.15) is 5.82 Å². The standard InChI is InChI=1S/C11H13ClN2O2S/c1-7-6-14(2-3-17-7)10-4-8(11(15)16)9(12)5-13-10/h4-5,7H,2-3,6H2,1H3,(H,15,16)/t7-/m1/s1. The van der Waals surface area contributed by atoms with Crippen LogP contribution in [0.4, 0.5) is 5.82 Å². The normalized spacial score (nSPS) is 20.4. The SMILES string of the molecule is C[C@@H]1CN(c2cc(C(=O)O)c(Cl)cn2)CCS1. The number of aromatic nitrogens is 1. The van der Waals surface area contributed by atoms with E-state index in [2.05, 4.69) is 16.8 Å². The van der Waals surface area contributed by atoms with Crippen molar-refractivity contribution < 1.29 is 9.90 Å². The van der Waals surface area contributed by atoms with Gasteiger partial charge in [-0.15, -0.1) is 0 Å². The Bertz CT molecular complexity index is 441. The summed E-state index contributed by atoms with van der Waals surface area (Å²) in [5.41, 5.74) is 0.113. The van der Waals surface area contributed by atoms with Crippen LogP contribution in [0.5, 0.6) is 0 Å². The molecule has 0 unspecified atom stereocenters. The quantitative estimate of drug-likeness (QED) is 0.896. The van der Waals surface area contributed by atoms with Crippen molar-refractivity contribution >= 4 is 35.1 Å². The molecule has 1 fully saturated rings. The van der Waals surface area contributed by atoms with Gasteiger partial charge in [-0.3, -0.25) is 0 Å². The van der Waals surface area contributed by atoms with Crippen LogP contribution in [0.1, 0.15) is 17.3 Å². The topological polar surface area (TPSA) is 53.4 Å². The Kier molecular flexibility index (Phi) is 3.79. The molecule has 4 nitrogen and oxygen atoms in total.